The van der Waals surface area contributed by atoms with Crippen molar-refractivity contribution >= 4 is 22.8 Å². The van der Waals surface area contributed by atoms with Crippen LogP contribution in [0.15, 0.2) is 33.5 Å². The maximum atomic E-state index is 12.1. The van der Waals surface area contributed by atoms with Gasteiger partial charge in [-0.3, -0.25) is 9.59 Å². The second-order valence-corrected chi connectivity index (χ2v) is 5.55. The van der Waals surface area contributed by atoms with E-state index in [4.69, 9.17) is 20.0 Å². The van der Waals surface area contributed by atoms with Gasteiger partial charge in [0, 0.05) is 18.0 Å². The van der Waals surface area contributed by atoms with Gasteiger partial charge in [0.25, 0.3) is 5.91 Å². The van der Waals surface area contributed by atoms with Crippen LogP contribution in [-0.2, 0) is 4.79 Å². The Labute approximate surface area is 143 Å². The third kappa shape index (κ3) is 4.80. The Balaban J connectivity index is 1.96. The minimum Gasteiger partial charge on any atom is -0.497 e. The molecule has 1 amide bonds. The number of benzene rings is 1. The number of carbonyl (C=O) groups excluding carboxylic acids is 1. The summed E-state index contributed by atoms with van der Waals surface area (Å²) >= 11 is 0. The second kappa shape index (κ2) is 8.29. The first kappa shape index (κ1) is 18.5. The average Bonchev–Trinajstić information content (AvgIpc) is 2.59. The number of amides is 1. The summed E-state index contributed by atoms with van der Waals surface area (Å²) in [7, 11) is 1.50. The van der Waals surface area contributed by atoms with Crippen LogP contribution in [0.1, 0.15) is 29.6 Å². The zero-order valence-electron chi connectivity index (χ0n) is 13.8. The molecule has 0 aliphatic carbocycles. The standard InChI is InChI=1S/C17H20N2O6/c1-24-11-6-5-10-8-12(17(23)25-14(10)9-11)15(20)19-7-3-2-4-13(18)16(21)22/h5-6,8-9,13H,2-4,7,18H2,1H3,(H,19,20)(H,21,22). The lowest BCUT2D eigenvalue weighted by atomic mass is 10.1. The van der Waals surface area contributed by atoms with Crippen molar-refractivity contribution in [3.05, 3.63) is 40.2 Å². The zero-order valence-corrected chi connectivity index (χ0v) is 13.8. The molecule has 4 N–H and O–H groups in total. The molecule has 0 saturated carbocycles. The number of aliphatic carboxylic acids is 1. The van der Waals surface area contributed by atoms with Gasteiger partial charge in [-0.05, 0) is 37.5 Å². The molecule has 0 aliphatic heterocycles. The minimum atomic E-state index is -1.05. The highest BCUT2D eigenvalue weighted by atomic mass is 16.5. The van der Waals surface area contributed by atoms with Gasteiger partial charge in [0.1, 0.15) is 22.9 Å². The molecular weight excluding hydrogens is 328 g/mol. The molecule has 1 heterocycles. The van der Waals surface area contributed by atoms with Crippen molar-refractivity contribution < 1.29 is 23.8 Å². The molecule has 0 saturated heterocycles. The Morgan fingerprint density at radius 3 is 2.76 bits per heavy atom. The zero-order chi connectivity index (χ0) is 18.4. The van der Waals surface area contributed by atoms with Gasteiger partial charge in [-0.2, -0.15) is 0 Å². The van der Waals surface area contributed by atoms with E-state index >= 15 is 0 Å². The molecule has 134 valence electrons. The molecule has 2 rings (SSSR count). The molecule has 0 bridgehead atoms. The van der Waals surface area contributed by atoms with E-state index in [0.717, 1.165) is 0 Å². The molecule has 1 aromatic heterocycles. The van der Waals surface area contributed by atoms with Crippen molar-refractivity contribution in [2.24, 2.45) is 5.73 Å². The molecule has 8 nitrogen and oxygen atoms in total. The summed E-state index contributed by atoms with van der Waals surface area (Å²) in [5.74, 6) is -1.03. The van der Waals surface area contributed by atoms with Gasteiger partial charge in [0.15, 0.2) is 0 Å². The summed E-state index contributed by atoms with van der Waals surface area (Å²) < 4.78 is 10.2. The number of hydrogen-bond acceptors (Lipinski definition) is 6. The molecule has 0 radical (unpaired) electrons. The van der Waals surface area contributed by atoms with Gasteiger partial charge >= 0.3 is 11.6 Å². The van der Waals surface area contributed by atoms with E-state index in [1.54, 1.807) is 18.2 Å². The van der Waals surface area contributed by atoms with Crippen molar-refractivity contribution in [3.63, 3.8) is 0 Å². The van der Waals surface area contributed by atoms with Crippen LogP contribution in [0.5, 0.6) is 5.75 Å². The monoisotopic (exact) mass is 348 g/mol. The number of nitrogens with one attached hydrogen (secondary N) is 1. The van der Waals surface area contributed by atoms with Crippen LogP contribution in [0.4, 0.5) is 0 Å². The molecule has 0 aliphatic rings. The van der Waals surface area contributed by atoms with Crippen LogP contribution < -0.4 is 21.4 Å². The van der Waals surface area contributed by atoms with Gasteiger partial charge < -0.3 is 25.3 Å². The highest BCUT2D eigenvalue weighted by Crippen LogP contribution is 2.20. The lowest BCUT2D eigenvalue weighted by molar-refractivity contribution is -0.138. The number of unbranched alkanes of at least 4 members (excludes halogenated alkanes) is 1. The van der Waals surface area contributed by atoms with E-state index in [-0.39, 0.29) is 5.56 Å². The Morgan fingerprint density at radius 1 is 1.32 bits per heavy atom. The summed E-state index contributed by atoms with van der Waals surface area (Å²) in [6.07, 6.45) is 1.44. The number of hydrogen-bond donors (Lipinski definition) is 3. The Hall–Kier alpha value is -2.87. The van der Waals surface area contributed by atoms with E-state index in [1.807, 2.05) is 0 Å². The average molecular weight is 348 g/mol. The molecule has 1 atom stereocenters. The van der Waals surface area contributed by atoms with Crippen molar-refractivity contribution in [1.82, 2.24) is 5.32 Å². The Bertz CT molecular complexity index is 829. The largest absolute Gasteiger partial charge is 0.497 e. The van der Waals surface area contributed by atoms with Crippen LogP contribution in [0.3, 0.4) is 0 Å². The predicted octanol–water partition coefficient (Wildman–Crippen LogP) is 1.11. The molecule has 0 fully saturated rings. The topological polar surface area (TPSA) is 132 Å². The molecule has 1 aromatic carbocycles. The van der Waals surface area contributed by atoms with E-state index in [2.05, 4.69) is 5.32 Å². The quantitative estimate of drug-likeness (QED) is 0.481. The normalized spacial score (nSPS) is 11.9. The first-order chi connectivity index (χ1) is 11.9. The molecule has 25 heavy (non-hydrogen) atoms. The molecule has 1 unspecified atom stereocenters. The highest BCUT2D eigenvalue weighted by Gasteiger charge is 2.14. The SMILES string of the molecule is COc1ccc2cc(C(=O)NCCCCC(N)C(=O)O)c(=O)oc2c1. The van der Waals surface area contributed by atoms with Gasteiger partial charge in [0.05, 0.1) is 7.11 Å². The van der Waals surface area contributed by atoms with Gasteiger partial charge in [0.2, 0.25) is 0 Å². The van der Waals surface area contributed by atoms with Gasteiger partial charge in [-0.15, -0.1) is 0 Å². The molecular formula is C17H20N2O6. The van der Waals surface area contributed by atoms with E-state index in [1.165, 1.54) is 13.2 Å². The number of methoxy groups -OCH3 is 1. The number of nitrogens with two attached hydrogens (primary N) is 1. The second-order valence-electron chi connectivity index (χ2n) is 5.55. The molecule has 2 aromatic rings. The molecule has 8 heteroatoms. The lowest BCUT2D eigenvalue weighted by Gasteiger charge is -2.07. The fourth-order valence-corrected chi connectivity index (χ4v) is 2.29. The summed E-state index contributed by atoms with van der Waals surface area (Å²) in [4.78, 5) is 34.7. The number of ether oxygens (including phenoxy) is 1. The van der Waals surface area contributed by atoms with Crippen LogP contribution in [0, 0.1) is 0 Å². The van der Waals surface area contributed by atoms with Gasteiger partial charge in [-0.25, -0.2) is 4.79 Å². The van der Waals surface area contributed by atoms with Crippen molar-refractivity contribution in [2.75, 3.05) is 13.7 Å². The van der Waals surface area contributed by atoms with Crippen molar-refractivity contribution in [1.29, 1.82) is 0 Å². The first-order valence-corrected chi connectivity index (χ1v) is 7.81. The predicted molar refractivity (Wildman–Crippen MR) is 90.8 cm³/mol. The summed E-state index contributed by atoms with van der Waals surface area (Å²) in [6.45, 7) is 0.311. The maximum Gasteiger partial charge on any atom is 0.349 e. The number of carboxylic acids is 1. The molecule has 0 spiro atoms. The summed E-state index contributed by atoms with van der Waals surface area (Å²) in [6, 6.07) is 5.54. The van der Waals surface area contributed by atoms with E-state index in [9.17, 15) is 14.4 Å². The van der Waals surface area contributed by atoms with Crippen LogP contribution in [0.25, 0.3) is 11.0 Å². The fourth-order valence-electron chi connectivity index (χ4n) is 2.29. The summed E-state index contributed by atoms with van der Waals surface area (Å²) in [5.41, 5.74) is 4.92. The third-order valence-electron chi connectivity index (χ3n) is 3.73. The fraction of sp³-hybridized carbons (Fsp3) is 0.353. The van der Waals surface area contributed by atoms with E-state index < -0.39 is 23.5 Å². The number of fused-ring (bicyclic) bond motifs is 1. The van der Waals surface area contributed by atoms with Crippen LogP contribution in [0.2, 0.25) is 0 Å². The number of carboxylic acid groups (broad SMARTS) is 1. The number of rotatable bonds is 8. The van der Waals surface area contributed by atoms with Crippen molar-refractivity contribution in [3.8, 4) is 5.75 Å². The first-order valence-electron chi connectivity index (χ1n) is 7.81. The summed E-state index contributed by atoms with van der Waals surface area (Å²) in [5, 5.41) is 11.9. The van der Waals surface area contributed by atoms with Crippen LogP contribution >= 0.6 is 0 Å². The smallest absolute Gasteiger partial charge is 0.349 e. The maximum absolute atomic E-state index is 12.1. The highest BCUT2D eigenvalue weighted by molar-refractivity contribution is 5.96. The number of carbonyl (C=O) groups is 2. The van der Waals surface area contributed by atoms with Gasteiger partial charge in [-0.1, -0.05) is 0 Å². The minimum absolute atomic E-state index is 0.0834. The van der Waals surface area contributed by atoms with Crippen molar-refractivity contribution in [2.45, 2.75) is 25.3 Å². The third-order valence-corrected chi connectivity index (χ3v) is 3.73. The lowest BCUT2D eigenvalue weighted by Crippen LogP contribution is -2.31. The van der Waals surface area contributed by atoms with Crippen LogP contribution in [-0.4, -0.2) is 36.7 Å². The Morgan fingerprint density at radius 2 is 2.08 bits per heavy atom. The Kier molecular flexibility index (Phi) is 6.13. The van der Waals surface area contributed by atoms with E-state index in [0.29, 0.717) is 42.5 Å².